The number of halogens is 2. The van der Waals surface area contributed by atoms with Crippen LogP contribution in [0.2, 0.25) is 5.02 Å². The highest BCUT2D eigenvalue weighted by molar-refractivity contribution is 6.31. The molecule has 5 heteroatoms. The van der Waals surface area contributed by atoms with Crippen molar-refractivity contribution in [3.05, 3.63) is 41.1 Å². The minimum atomic E-state index is -0.417. The van der Waals surface area contributed by atoms with Crippen molar-refractivity contribution in [2.75, 3.05) is 6.54 Å². The summed E-state index contributed by atoms with van der Waals surface area (Å²) in [6, 6.07) is 4.64. The minimum Gasteiger partial charge on any atom is -0.331 e. The SMILES string of the molecule is Cn1c(-c2ccc(F)c(Cl)c2)cnc1CCN. The van der Waals surface area contributed by atoms with Gasteiger partial charge in [0.25, 0.3) is 0 Å². The molecule has 0 radical (unpaired) electrons. The summed E-state index contributed by atoms with van der Waals surface area (Å²) in [5.74, 6) is 0.489. The Morgan fingerprint density at radius 2 is 2.24 bits per heavy atom. The summed E-state index contributed by atoms with van der Waals surface area (Å²) >= 11 is 5.76. The van der Waals surface area contributed by atoms with E-state index in [1.54, 1.807) is 18.3 Å². The number of benzene rings is 1. The van der Waals surface area contributed by atoms with Gasteiger partial charge < -0.3 is 10.3 Å². The molecule has 0 aliphatic carbocycles. The molecule has 2 rings (SSSR count). The Bertz CT molecular complexity index is 537. The summed E-state index contributed by atoms with van der Waals surface area (Å²) < 4.78 is 15.0. The zero-order valence-corrected chi connectivity index (χ0v) is 10.2. The van der Waals surface area contributed by atoms with Gasteiger partial charge in [0.2, 0.25) is 0 Å². The molecule has 3 nitrogen and oxygen atoms in total. The first-order chi connectivity index (χ1) is 8.13. The van der Waals surface area contributed by atoms with Gasteiger partial charge in [0.05, 0.1) is 16.9 Å². The van der Waals surface area contributed by atoms with Crippen molar-refractivity contribution in [3.8, 4) is 11.3 Å². The molecule has 1 heterocycles. The van der Waals surface area contributed by atoms with Crippen molar-refractivity contribution in [1.29, 1.82) is 0 Å². The smallest absolute Gasteiger partial charge is 0.141 e. The Hall–Kier alpha value is -1.39. The van der Waals surface area contributed by atoms with Gasteiger partial charge >= 0.3 is 0 Å². The highest BCUT2D eigenvalue weighted by atomic mass is 35.5. The lowest BCUT2D eigenvalue weighted by molar-refractivity contribution is 0.628. The van der Waals surface area contributed by atoms with E-state index in [0.717, 1.165) is 17.1 Å². The van der Waals surface area contributed by atoms with Crippen molar-refractivity contribution in [2.45, 2.75) is 6.42 Å². The lowest BCUT2D eigenvalue weighted by Crippen LogP contribution is -2.08. The molecule has 2 N–H and O–H groups in total. The third-order valence-corrected chi connectivity index (χ3v) is 2.96. The van der Waals surface area contributed by atoms with Crippen LogP contribution >= 0.6 is 11.6 Å². The van der Waals surface area contributed by atoms with Crippen molar-refractivity contribution in [1.82, 2.24) is 9.55 Å². The van der Waals surface area contributed by atoms with E-state index in [0.29, 0.717) is 13.0 Å². The largest absolute Gasteiger partial charge is 0.331 e. The monoisotopic (exact) mass is 253 g/mol. The molecule has 0 atom stereocenters. The van der Waals surface area contributed by atoms with E-state index in [-0.39, 0.29) is 5.02 Å². The molecule has 0 aliphatic rings. The molecule has 0 saturated carbocycles. The summed E-state index contributed by atoms with van der Waals surface area (Å²) in [6.07, 6.45) is 2.46. The molecule has 0 fully saturated rings. The number of nitrogens with two attached hydrogens (primary N) is 1. The lowest BCUT2D eigenvalue weighted by atomic mass is 10.1. The summed E-state index contributed by atoms with van der Waals surface area (Å²) in [7, 11) is 1.91. The van der Waals surface area contributed by atoms with Gasteiger partial charge in [-0.05, 0) is 24.7 Å². The van der Waals surface area contributed by atoms with Crippen LogP contribution in [0.5, 0.6) is 0 Å². The van der Waals surface area contributed by atoms with E-state index in [1.165, 1.54) is 6.07 Å². The van der Waals surface area contributed by atoms with Crippen LogP contribution in [0.25, 0.3) is 11.3 Å². The minimum absolute atomic E-state index is 0.115. The maximum atomic E-state index is 13.1. The molecule has 2 aromatic rings. The van der Waals surface area contributed by atoms with Gasteiger partial charge in [-0.15, -0.1) is 0 Å². The van der Waals surface area contributed by atoms with Crippen LogP contribution in [0.15, 0.2) is 24.4 Å². The Labute approximate surface area is 104 Å². The Morgan fingerprint density at radius 3 is 2.88 bits per heavy atom. The average Bonchev–Trinajstić information content (AvgIpc) is 2.66. The van der Waals surface area contributed by atoms with Gasteiger partial charge in [-0.2, -0.15) is 0 Å². The molecular weight excluding hydrogens is 241 g/mol. The van der Waals surface area contributed by atoms with Crippen LogP contribution in [0.3, 0.4) is 0 Å². The first-order valence-electron chi connectivity index (χ1n) is 5.29. The molecule has 0 saturated heterocycles. The van der Waals surface area contributed by atoms with Crippen LogP contribution in [-0.2, 0) is 13.5 Å². The standard InChI is InChI=1S/C12H13ClFN3/c1-17-11(7-16-12(17)4-5-15)8-2-3-10(14)9(13)6-8/h2-3,6-7H,4-5,15H2,1H3. The maximum Gasteiger partial charge on any atom is 0.141 e. The maximum absolute atomic E-state index is 13.1. The zero-order valence-electron chi connectivity index (χ0n) is 9.45. The van der Waals surface area contributed by atoms with E-state index >= 15 is 0 Å². The highest BCUT2D eigenvalue weighted by Gasteiger charge is 2.09. The first kappa shape index (κ1) is 12.1. The summed E-state index contributed by atoms with van der Waals surface area (Å²) in [5.41, 5.74) is 7.24. The van der Waals surface area contributed by atoms with Crippen LogP contribution in [-0.4, -0.2) is 16.1 Å². The van der Waals surface area contributed by atoms with E-state index in [9.17, 15) is 4.39 Å². The van der Waals surface area contributed by atoms with E-state index in [2.05, 4.69) is 4.98 Å². The van der Waals surface area contributed by atoms with Gasteiger partial charge in [-0.1, -0.05) is 11.6 Å². The van der Waals surface area contributed by atoms with Crippen molar-refractivity contribution in [3.63, 3.8) is 0 Å². The fourth-order valence-corrected chi connectivity index (χ4v) is 1.91. The van der Waals surface area contributed by atoms with Crippen LogP contribution in [0, 0.1) is 5.82 Å². The number of hydrogen-bond acceptors (Lipinski definition) is 2. The average molecular weight is 254 g/mol. The number of hydrogen-bond donors (Lipinski definition) is 1. The third-order valence-electron chi connectivity index (χ3n) is 2.67. The van der Waals surface area contributed by atoms with Gasteiger partial charge in [0, 0.05) is 19.0 Å². The Balaban J connectivity index is 2.42. The second-order valence-corrected chi connectivity index (χ2v) is 4.19. The molecule has 0 aliphatic heterocycles. The van der Waals surface area contributed by atoms with E-state index < -0.39 is 5.82 Å². The second-order valence-electron chi connectivity index (χ2n) is 3.79. The van der Waals surface area contributed by atoms with E-state index in [4.69, 9.17) is 17.3 Å². The second kappa shape index (κ2) is 4.85. The molecule has 1 aromatic heterocycles. The number of nitrogens with zero attached hydrogens (tertiary/aromatic N) is 2. The van der Waals surface area contributed by atoms with Gasteiger partial charge in [0.15, 0.2) is 0 Å². The number of aromatic nitrogens is 2. The van der Waals surface area contributed by atoms with Gasteiger partial charge in [-0.3, -0.25) is 0 Å². The first-order valence-corrected chi connectivity index (χ1v) is 5.67. The van der Waals surface area contributed by atoms with Gasteiger partial charge in [0.1, 0.15) is 11.6 Å². The molecule has 0 amide bonds. The Kier molecular flexibility index (Phi) is 3.45. The summed E-state index contributed by atoms with van der Waals surface area (Å²) in [6.45, 7) is 0.550. The number of rotatable bonds is 3. The lowest BCUT2D eigenvalue weighted by Gasteiger charge is -2.06. The van der Waals surface area contributed by atoms with Crippen molar-refractivity contribution in [2.24, 2.45) is 12.8 Å². The van der Waals surface area contributed by atoms with Crippen molar-refractivity contribution >= 4 is 11.6 Å². The van der Waals surface area contributed by atoms with Crippen LogP contribution in [0.1, 0.15) is 5.82 Å². The molecule has 0 unspecified atom stereocenters. The van der Waals surface area contributed by atoms with Crippen molar-refractivity contribution < 1.29 is 4.39 Å². The molecule has 0 spiro atoms. The highest BCUT2D eigenvalue weighted by Crippen LogP contribution is 2.25. The Morgan fingerprint density at radius 1 is 1.47 bits per heavy atom. The quantitative estimate of drug-likeness (QED) is 0.913. The predicted octanol–water partition coefficient (Wildman–Crippen LogP) is 2.38. The molecule has 90 valence electrons. The normalized spacial score (nSPS) is 10.8. The fraction of sp³-hybridized carbons (Fsp3) is 0.250. The summed E-state index contributed by atoms with van der Waals surface area (Å²) in [5, 5.41) is 0.115. The molecule has 1 aromatic carbocycles. The zero-order chi connectivity index (χ0) is 12.4. The summed E-state index contributed by atoms with van der Waals surface area (Å²) in [4.78, 5) is 4.28. The van der Waals surface area contributed by atoms with Crippen LogP contribution in [0.4, 0.5) is 4.39 Å². The number of imidazole rings is 1. The molecule has 17 heavy (non-hydrogen) atoms. The molecule has 0 bridgehead atoms. The predicted molar refractivity (Wildman–Crippen MR) is 66.4 cm³/mol. The van der Waals surface area contributed by atoms with Gasteiger partial charge in [-0.25, -0.2) is 9.37 Å². The fourth-order valence-electron chi connectivity index (χ4n) is 1.73. The van der Waals surface area contributed by atoms with Crippen LogP contribution < -0.4 is 5.73 Å². The van der Waals surface area contributed by atoms with E-state index in [1.807, 2.05) is 11.6 Å². The third kappa shape index (κ3) is 2.33. The molecular formula is C12H13ClFN3. The topological polar surface area (TPSA) is 43.8 Å².